The first-order valence-corrected chi connectivity index (χ1v) is 6.05. The maximum Gasteiger partial charge on any atom is 0.245 e. The Morgan fingerprint density at radius 1 is 1.25 bits per heavy atom. The Bertz CT molecular complexity index is 478. The molecule has 3 nitrogen and oxygen atoms in total. The van der Waals surface area contributed by atoms with Crippen LogP contribution in [0.3, 0.4) is 0 Å². The maximum absolute atomic E-state index is 11.5. The number of amides is 2. The summed E-state index contributed by atoms with van der Waals surface area (Å²) in [5.74, 6) is -1.51. The summed E-state index contributed by atoms with van der Waals surface area (Å²) in [5, 5.41) is 1.79. The van der Waals surface area contributed by atoms with Gasteiger partial charge in [0.2, 0.25) is 11.8 Å². The summed E-state index contributed by atoms with van der Waals surface area (Å²) in [6, 6.07) is 5.06. The Morgan fingerprint density at radius 2 is 1.94 bits per heavy atom. The minimum absolute atomic E-state index is 0.386. The van der Waals surface area contributed by atoms with Crippen LogP contribution in [0.25, 0.3) is 0 Å². The molecule has 0 bridgehead atoms. The lowest BCUT2D eigenvalue weighted by atomic mass is 9.97. The van der Waals surface area contributed by atoms with Crippen LogP contribution in [0.1, 0.15) is 11.5 Å². The Morgan fingerprint density at radius 3 is 2.44 bits per heavy atom. The molecule has 0 saturated carbocycles. The smallest absolute Gasteiger partial charge is 0.245 e. The summed E-state index contributed by atoms with van der Waals surface area (Å²) < 4.78 is 0.730. The Labute approximate surface area is 110 Å². The lowest BCUT2D eigenvalue weighted by Crippen LogP contribution is -2.22. The predicted octanol–water partition coefficient (Wildman–Crippen LogP) is 2.45. The fourth-order valence-electron chi connectivity index (χ4n) is 1.58. The molecule has 1 aliphatic heterocycles. The van der Waals surface area contributed by atoms with Gasteiger partial charge < -0.3 is 0 Å². The van der Waals surface area contributed by atoms with Crippen LogP contribution in [0.5, 0.6) is 0 Å². The van der Waals surface area contributed by atoms with E-state index < -0.39 is 17.2 Å². The van der Waals surface area contributed by atoms with E-state index in [1.165, 1.54) is 0 Å². The summed E-state index contributed by atoms with van der Waals surface area (Å²) in [7, 11) is 0. The topological polar surface area (TPSA) is 46.2 Å². The molecule has 0 spiro atoms. The molecule has 84 valence electrons. The highest BCUT2D eigenvalue weighted by Crippen LogP contribution is 2.32. The highest BCUT2D eigenvalue weighted by molar-refractivity contribution is 9.10. The third-order valence-electron chi connectivity index (χ3n) is 2.37. The van der Waals surface area contributed by atoms with Crippen molar-refractivity contribution in [3.05, 3.63) is 33.3 Å². The van der Waals surface area contributed by atoms with Crippen LogP contribution in [-0.2, 0) is 9.59 Å². The monoisotopic (exact) mass is 321 g/mol. The number of hydrogen-bond donors (Lipinski definition) is 1. The molecule has 1 heterocycles. The molecule has 2 atom stereocenters. The van der Waals surface area contributed by atoms with Gasteiger partial charge in [-0.15, -0.1) is 11.6 Å². The van der Waals surface area contributed by atoms with Crippen molar-refractivity contribution in [2.45, 2.75) is 11.3 Å². The first-order chi connectivity index (χ1) is 7.50. The third-order valence-corrected chi connectivity index (χ3v) is 4.06. The van der Waals surface area contributed by atoms with E-state index in [1.54, 1.807) is 18.2 Å². The summed E-state index contributed by atoms with van der Waals surface area (Å²) in [6.07, 6.45) is 0. The number of carbonyl (C=O) groups excluding carboxylic acids is 2. The van der Waals surface area contributed by atoms with E-state index in [-0.39, 0.29) is 5.91 Å². The van der Waals surface area contributed by atoms with Gasteiger partial charge in [0, 0.05) is 4.47 Å². The van der Waals surface area contributed by atoms with Crippen LogP contribution in [0.4, 0.5) is 0 Å². The molecule has 2 unspecified atom stereocenters. The molecule has 16 heavy (non-hydrogen) atoms. The van der Waals surface area contributed by atoms with Crippen LogP contribution in [0.2, 0.25) is 5.02 Å². The van der Waals surface area contributed by atoms with Gasteiger partial charge in [-0.05, 0) is 33.6 Å². The van der Waals surface area contributed by atoms with Gasteiger partial charge in [0.1, 0.15) is 5.38 Å². The van der Waals surface area contributed by atoms with Gasteiger partial charge in [-0.3, -0.25) is 14.9 Å². The fourth-order valence-corrected chi connectivity index (χ4v) is 2.33. The van der Waals surface area contributed by atoms with Gasteiger partial charge >= 0.3 is 0 Å². The zero-order chi connectivity index (χ0) is 11.9. The van der Waals surface area contributed by atoms with Crippen molar-refractivity contribution in [3.8, 4) is 0 Å². The normalized spacial score (nSPS) is 24.7. The van der Waals surface area contributed by atoms with Crippen molar-refractivity contribution in [2.24, 2.45) is 0 Å². The Hall–Kier alpha value is -0.580. The largest absolute Gasteiger partial charge is 0.295 e. The summed E-state index contributed by atoms with van der Waals surface area (Å²) in [6.45, 7) is 0. The minimum atomic E-state index is -0.871. The lowest BCUT2D eigenvalue weighted by molar-refractivity contribution is -0.125. The predicted molar refractivity (Wildman–Crippen MR) is 64.7 cm³/mol. The van der Waals surface area contributed by atoms with Crippen LogP contribution >= 0.6 is 39.1 Å². The second-order valence-electron chi connectivity index (χ2n) is 3.41. The molecule has 2 rings (SSSR count). The molecule has 1 fully saturated rings. The second-order valence-corrected chi connectivity index (χ2v) is 5.14. The number of nitrogens with one attached hydrogen (secondary N) is 1. The van der Waals surface area contributed by atoms with Crippen molar-refractivity contribution < 1.29 is 9.59 Å². The van der Waals surface area contributed by atoms with Crippen LogP contribution in [-0.4, -0.2) is 17.2 Å². The molecule has 1 aromatic rings. The van der Waals surface area contributed by atoms with E-state index in [9.17, 15) is 9.59 Å². The van der Waals surface area contributed by atoms with E-state index in [0.717, 1.165) is 4.47 Å². The van der Waals surface area contributed by atoms with E-state index >= 15 is 0 Å². The minimum Gasteiger partial charge on any atom is -0.295 e. The Kier molecular flexibility index (Phi) is 3.24. The fraction of sp³-hybridized carbons (Fsp3) is 0.200. The summed E-state index contributed by atoms with van der Waals surface area (Å²) in [4.78, 5) is 22.7. The molecular weight excluding hydrogens is 317 g/mol. The van der Waals surface area contributed by atoms with E-state index in [2.05, 4.69) is 21.2 Å². The highest BCUT2D eigenvalue weighted by Gasteiger charge is 2.41. The van der Waals surface area contributed by atoms with Crippen molar-refractivity contribution in [1.29, 1.82) is 0 Å². The lowest BCUT2D eigenvalue weighted by Gasteiger charge is -2.10. The number of halogens is 3. The molecule has 0 radical (unpaired) electrons. The van der Waals surface area contributed by atoms with Crippen molar-refractivity contribution in [1.82, 2.24) is 5.32 Å². The summed E-state index contributed by atoms with van der Waals surface area (Å²) >= 11 is 15.0. The molecule has 1 saturated heterocycles. The quantitative estimate of drug-likeness (QED) is 0.637. The molecule has 6 heteroatoms. The van der Waals surface area contributed by atoms with Crippen molar-refractivity contribution >= 4 is 50.9 Å². The SMILES string of the molecule is O=C1NC(=O)C(c2ccc(Br)c(Cl)c2)C1Cl. The maximum atomic E-state index is 11.5. The number of benzene rings is 1. The van der Waals surface area contributed by atoms with Gasteiger partial charge in [-0.1, -0.05) is 17.7 Å². The first kappa shape index (κ1) is 11.9. The standard InChI is InChI=1S/C10H6BrCl2NO2/c11-5-2-1-4(3-6(5)12)7-8(13)10(16)14-9(7)15/h1-3,7-8H,(H,14,15,16). The number of rotatable bonds is 1. The van der Waals surface area contributed by atoms with Crippen LogP contribution < -0.4 is 5.32 Å². The van der Waals surface area contributed by atoms with Crippen molar-refractivity contribution in [3.63, 3.8) is 0 Å². The average molecular weight is 323 g/mol. The third kappa shape index (κ3) is 1.97. The zero-order valence-electron chi connectivity index (χ0n) is 7.84. The van der Waals surface area contributed by atoms with Crippen LogP contribution in [0, 0.1) is 0 Å². The highest BCUT2D eigenvalue weighted by atomic mass is 79.9. The average Bonchev–Trinajstić information content (AvgIpc) is 2.47. The van der Waals surface area contributed by atoms with Gasteiger partial charge in [0.25, 0.3) is 0 Å². The van der Waals surface area contributed by atoms with E-state index in [4.69, 9.17) is 23.2 Å². The molecule has 0 aromatic heterocycles. The summed E-state index contributed by atoms with van der Waals surface area (Å²) in [5.41, 5.74) is 0.636. The zero-order valence-corrected chi connectivity index (χ0v) is 10.9. The van der Waals surface area contributed by atoms with Crippen LogP contribution in [0.15, 0.2) is 22.7 Å². The molecule has 2 amide bonds. The molecule has 1 N–H and O–H groups in total. The van der Waals surface area contributed by atoms with E-state index in [1.807, 2.05) is 0 Å². The molecule has 0 aliphatic carbocycles. The number of carbonyl (C=O) groups is 2. The van der Waals surface area contributed by atoms with Gasteiger partial charge in [0.15, 0.2) is 0 Å². The first-order valence-electron chi connectivity index (χ1n) is 4.44. The molecular formula is C10H6BrCl2NO2. The van der Waals surface area contributed by atoms with Gasteiger partial charge in [-0.25, -0.2) is 0 Å². The number of hydrogen-bond acceptors (Lipinski definition) is 2. The number of alkyl halides is 1. The molecule has 1 aliphatic rings. The number of imide groups is 1. The Balaban J connectivity index is 2.40. The van der Waals surface area contributed by atoms with Gasteiger partial charge in [0.05, 0.1) is 10.9 Å². The van der Waals surface area contributed by atoms with Gasteiger partial charge in [-0.2, -0.15) is 0 Å². The second kappa shape index (κ2) is 4.35. The van der Waals surface area contributed by atoms with Crippen molar-refractivity contribution in [2.75, 3.05) is 0 Å². The van der Waals surface area contributed by atoms with E-state index in [0.29, 0.717) is 10.6 Å². The molecule has 1 aromatic carbocycles.